The standard InChI is InChI=1S/C19H23FN6O2/c1-23-18(27)14-22-26(19(23)28)8-3-2-7-24-9-11-25(12-10-24)17-6-4-5-16(20)15(17)13-21/h4-6,14H,2-3,7-12H2,1H3. The third-order valence-electron chi connectivity index (χ3n) is 5.06. The van der Waals surface area contributed by atoms with E-state index in [2.05, 4.69) is 10.00 Å². The fraction of sp³-hybridized carbons (Fsp3) is 0.474. The second kappa shape index (κ2) is 8.80. The second-order valence-electron chi connectivity index (χ2n) is 6.83. The van der Waals surface area contributed by atoms with Gasteiger partial charge in [0.25, 0.3) is 5.56 Å². The molecule has 0 radical (unpaired) electrons. The van der Waals surface area contributed by atoms with Gasteiger partial charge in [-0.2, -0.15) is 10.4 Å². The summed E-state index contributed by atoms with van der Waals surface area (Å²) in [4.78, 5) is 27.7. The van der Waals surface area contributed by atoms with Crippen LogP contribution < -0.4 is 16.1 Å². The molecular weight excluding hydrogens is 363 g/mol. The summed E-state index contributed by atoms with van der Waals surface area (Å²) in [5.74, 6) is -0.482. The van der Waals surface area contributed by atoms with Gasteiger partial charge in [-0.25, -0.2) is 13.9 Å². The molecule has 1 aromatic heterocycles. The van der Waals surface area contributed by atoms with Gasteiger partial charge in [0.2, 0.25) is 0 Å². The third-order valence-corrected chi connectivity index (χ3v) is 5.06. The lowest BCUT2D eigenvalue weighted by Gasteiger charge is -2.36. The SMILES string of the molecule is Cn1c(=O)cnn(CCCCN2CCN(c3cccc(F)c3C#N)CC2)c1=O. The molecule has 1 aliphatic rings. The van der Waals surface area contributed by atoms with Crippen LogP contribution in [0.15, 0.2) is 34.0 Å². The first-order chi connectivity index (χ1) is 13.5. The van der Waals surface area contributed by atoms with E-state index in [0.717, 1.165) is 56.3 Å². The Bertz CT molecular complexity index is 985. The highest BCUT2D eigenvalue weighted by Gasteiger charge is 2.20. The zero-order valence-corrected chi connectivity index (χ0v) is 15.8. The number of piperazine rings is 1. The van der Waals surface area contributed by atoms with Crippen LogP contribution in [0, 0.1) is 17.1 Å². The summed E-state index contributed by atoms with van der Waals surface area (Å²) in [7, 11) is 1.44. The molecule has 28 heavy (non-hydrogen) atoms. The second-order valence-corrected chi connectivity index (χ2v) is 6.83. The van der Waals surface area contributed by atoms with Gasteiger partial charge in [0.05, 0.1) is 5.69 Å². The largest absolute Gasteiger partial charge is 0.368 e. The van der Waals surface area contributed by atoms with E-state index in [1.807, 2.05) is 11.0 Å². The van der Waals surface area contributed by atoms with E-state index >= 15 is 0 Å². The number of hydrogen-bond donors (Lipinski definition) is 0. The summed E-state index contributed by atoms with van der Waals surface area (Å²) in [6.45, 7) is 4.50. The van der Waals surface area contributed by atoms with E-state index in [4.69, 9.17) is 0 Å². The Kier molecular flexibility index (Phi) is 6.21. The van der Waals surface area contributed by atoms with Crippen molar-refractivity contribution in [1.29, 1.82) is 5.26 Å². The van der Waals surface area contributed by atoms with E-state index in [0.29, 0.717) is 12.2 Å². The van der Waals surface area contributed by atoms with Crippen LogP contribution in [-0.4, -0.2) is 52.0 Å². The van der Waals surface area contributed by atoms with Crippen molar-refractivity contribution in [2.24, 2.45) is 7.05 Å². The fourth-order valence-electron chi connectivity index (χ4n) is 3.37. The van der Waals surface area contributed by atoms with Gasteiger partial charge in [-0.15, -0.1) is 0 Å². The Labute approximate surface area is 162 Å². The summed E-state index contributed by atoms with van der Waals surface area (Å²) < 4.78 is 16.2. The highest BCUT2D eigenvalue weighted by Crippen LogP contribution is 2.23. The topological polar surface area (TPSA) is 87.2 Å². The van der Waals surface area contributed by atoms with Crippen LogP contribution in [0.5, 0.6) is 0 Å². The summed E-state index contributed by atoms with van der Waals surface area (Å²) in [6, 6.07) is 6.68. The Morgan fingerprint density at radius 3 is 2.57 bits per heavy atom. The molecule has 2 heterocycles. The van der Waals surface area contributed by atoms with E-state index in [1.54, 1.807) is 12.1 Å². The summed E-state index contributed by atoms with van der Waals surface area (Å²) >= 11 is 0. The maximum Gasteiger partial charge on any atom is 0.347 e. The molecule has 0 atom stereocenters. The quantitative estimate of drug-likeness (QED) is 0.674. The molecule has 0 N–H and O–H groups in total. The number of aromatic nitrogens is 3. The molecule has 1 aliphatic heterocycles. The van der Waals surface area contributed by atoms with Gasteiger partial charge < -0.3 is 4.90 Å². The fourth-order valence-corrected chi connectivity index (χ4v) is 3.37. The molecule has 1 saturated heterocycles. The first-order valence-corrected chi connectivity index (χ1v) is 9.30. The minimum Gasteiger partial charge on any atom is -0.368 e. The molecule has 0 unspecified atom stereocenters. The number of unbranched alkanes of at least 4 members (excludes halogenated alkanes) is 1. The molecule has 0 bridgehead atoms. The maximum absolute atomic E-state index is 13.8. The Morgan fingerprint density at radius 2 is 1.86 bits per heavy atom. The number of anilines is 1. The van der Waals surface area contributed by atoms with Crippen molar-refractivity contribution in [2.45, 2.75) is 19.4 Å². The van der Waals surface area contributed by atoms with Crippen molar-refractivity contribution in [3.8, 4) is 6.07 Å². The van der Waals surface area contributed by atoms with Crippen molar-refractivity contribution in [2.75, 3.05) is 37.6 Å². The molecule has 1 fully saturated rings. The van der Waals surface area contributed by atoms with E-state index < -0.39 is 17.1 Å². The Balaban J connectivity index is 1.46. The number of nitrogens with zero attached hydrogens (tertiary/aromatic N) is 6. The van der Waals surface area contributed by atoms with Crippen LogP contribution in [-0.2, 0) is 13.6 Å². The number of hydrogen-bond acceptors (Lipinski definition) is 6. The molecule has 0 aliphatic carbocycles. The number of aryl methyl sites for hydroxylation is 1. The van der Waals surface area contributed by atoms with Gasteiger partial charge in [-0.1, -0.05) is 6.07 Å². The number of nitriles is 1. The van der Waals surface area contributed by atoms with Crippen molar-refractivity contribution in [3.05, 3.63) is 56.6 Å². The molecule has 9 heteroatoms. The Hall–Kier alpha value is -2.99. The minimum absolute atomic E-state index is 0.103. The molecule has 3 rings (SSSR count). The molecule has 8 nitrogen and oxygen atoms in total. The lowest BCUT2D eigenvalue weighted by Crippen LogP contribution is -2.47. The van der Waals surface area contributed by atoms with Crippen molar-refractivity contribution in [1.82, 2.24) is 19.2 Å². The van der Waals surface area contributed by atoms with Crippen molar-refractivity contribution < 1.29 is 4.39 Å². The van der Waals surface area contributed by atoms with Crippen LogP contribution in [0.4, 0.5) is 10.1 Å². The molecule has 148 valence electrons. The van der Waals surface area contributed by atoms with Gasteiger partial charge in [-0.05, 0) is 31.5 Å². The monoisotopic (exact) mass is 386 g/mol. The normalized spacial score (nSPS) is 14.8. The number of benzene rings is 1. The molecule has 0 saturated carbocycles. The van der Waals surface area contributed by atoms with Gasteiger partial charge in [0, 0.05) is 39.8 Å². The number of halogens is 1. The molecule has 1 aromatic carbocycles. The first kappa shape index (κ1) is 19.8. The Morgan fingerprint density at radius 1 is 1.14 bits per heavy atom. The van der Waals surface area contributed by atoms with Crippen molar-refractivity contribution >= 4 is 5.69 Å². The summed E-state index contributed by atoms with van der Waals surface area (Å²) in [5.41, 5.74) is -0.0464. The predicted octanol–water partition coefficient (Wildman–Crippen LogP) is 0.555. The van der Waals surface area contributed by atoms with Crippen LogP contribution in [0.25, 0.3) is 0 Å². The highest BCUT2D eigenvalue weighted by molar-refractivity contribution is 5.60. The van der Waals surface area contributed by atoms with Crippen LogP contribution in [0.1, 0.15) is 18.4 Å². The smallest absolute Gasteiger partial charge is 0.347 e. The van der Waals surface area contributed by atoms with Crippen LogP contribution in [0.2, 0.25) is 0 Å². The van der Waals surface area contributed by atoms with Gasteiger partial charge in [-0.3, -0.25) is 14.3 Å². The average Bonchev–Trinajstić information content (AvgIpc) is 2.71. The lowest BCUT2D eigenvalue weighted by molar-refractivity contribution is 0.250. The van der Waals surface area contributed by atoms with Crippen LogP contribution >= 0.6 is 0 Å². The highest BCUT2D eigenvalue weighted by atomic mass is 19.1. The third kappa shape index (κ3) is 4.28. The van der Waals surface area contributed by atoms with E-state index in [-0.39, 0.29) is 5.56 Å². The average molecular weight is 386 g/mol. The zero-order valence-electron chi connectivity index (χ0n) is 15.8. The summed E-state index contributed by atoms with van der Waals surface area (Å²) in [5, 5.41) is 13.1. The van der Waals surface area contributed by atoms with Crippen molar-refractivity contribution in [3.63, 3.8) is 0 Å². The molecule has 2 aromatic rings. The molecule has 0 amide bonds. The predicted molar refractivity (Wildman–Crippen MR) is 103 cm³/mol. The van der Waals surface area contributed by atoms with Gasteiger partial charge in [0.15, 0.2) is 0 Å². The van der Waals surface area contributed by atoms with Gasteiger partial charge in [0.1, 0.15) is 23.6 Å². The molecule has 0 spiro atoms. The van der Waals surface area contributed by atoms with E-state index in [1.165, 1.54) is 17.8 Å². The number of rotatable bonds is 6. The zero-order chi connectivity index (χ0) is 20.1. The van der Waals surface area contributed by atoms with Gasteiger partial charge >= 0.3 is 5.69 Å². The maximum atomic E-state index is 13.8. The van der Waals surface area contributed by atoms with Crippen LogP contribution in [0.3, 0.4) is 0 Å². The minimum atomic E-state index is -0.482. The first-order valence-electron chi connectivity index (χ1n) is 9.30. The lowest BCUT2D eigenvalue weighted by atomic mass is 10.1. The van der Waals surface area contributed by atoms with E-state index in [9.17, 15) is 19.2 Å². The molecular formula is C19H23FN6O2. The summed E-state index contributed by atoms with van der Waals surface area (Å²) in [6.07, 6.45) is 2.84.